The van der Waals surface area contributed by atoms with Gasteiger partial charge in [-0.2, -0.15) is 0 Å². The van der Waals surface area contributed by atoms with Crippen LogP contribution in [0.1, 0.15) is 27.7 Å². The lowest BCUT2D eigenvalue weighted by Gasteiger charge is -2.32. The monoisotopic (exact) mass is 204 g/mol. The minimum Gasteiger partial charge on any atom is -0.434 e. The van der Waals surface area contributed by atoms with Gasteiger partial charge < -0.3 is 14.5 Å². The summed E-state index contributed by atoms with van der Waals surface area (Å²) in [5.74, 6) is 1.94. The number of hydrogen-bond donors (Lipinski definition) is 1. The van der Waals surface area contributed by atoms with Crippen LogP contribution >= 0.6 is 0 Å². The standard InChI is InChI=1S/C10H16B2NO2/c1-9(2)10(3,4)15-12(14-9)8-6-5-7-11-13-8/h5-7,13H,1-4H3. The molecule has 2 aliphatic rings. The van der Waals surface area contributed by atoms with Gasteiger partial charge in [0.25, 0.3) is 7.41 Å². The predicted octanol–water partition coefficient (Wildman–Crippen LogP) is 1.24. The van der Waals surface area contributed by atoms with Crippen LogP contribution < -0.4 is 5.23 Å². The maximum absolute atomic E-state index is 5.90. The Kier molecular flexibility index (Phi) is 2.47. The topological polar surface area (TPSA) is 30.5 Å². The van der Waals surface area contributed by atoms with Crippen LogP contribution in [0, 0.1) is 0 Å². The molecule has 1 radical (unpaired) electrons. The Morgan fingerprint density at radius 1 is 1.20 bits per heavy atom. The molecule has 0 bridgehead atoms. The van der Waals surface area contributed by atoms with Crippen LogP contribution in [0.15, 0.2) is 23.7 Å². The van der Waals surface area contributed by atoms with E-state index in [2.05, 4.69) is 32.9 Å². The summed E-state index contributed by atoms with van der Waals surface area (Å²) in [7, 11) is 1.58. The van der Waals surface area contributed by atoms with Gasteiger partial charge in [0.2, 0.25) is 0 Å². The molecule has 0 aliphatic carbocycles. The highest BCUT2D eigenvalue weighted by Gasteiger charge is 2.52. The molecule has 1 fully saturated rings. The van der Waals surface area contributed by atoms with E-state index in [9.17, 15) is 0 Å². The molecule has 1 saturated heterocycles. The van der Waals surface area contributed by atoms with Crippen molar-refractivity contribution < 1.29 is 9.31 Å². The molecule has 2 heterocycles. The maximum Gasteiger partial charge on any atom is 0.510 e. The number of hydrogen-bond acceptors (Lipinski definition) is 3. The molecule has 0 aromatic rings. The van der Waals surface area contributed by atoms with Gasteiger partial charge in [-0.1, -0.05) is 12.1 Å². The fraction of sp³-hybridized carbons (Fsp3) is 0.600. The van der Waals surface area contributed by atoms with E-state index in [1.54, 1.807) is 0 Å². The Morgan fingerprint density at radius 2 is 1.80 bits per heavy atom. The molecule has 2 rings (SSSR count). The number of rotatable bonds is 1. The average Bonchev–Trinajstić information content (AvgIpc) is 2.38. The fourth-order valence-electron chi connectivity index (χ4n) is 1.52. The highest BCUT2D eigenvalue weighted by Crippen LogP contribution is 2.38. The summed E-state index contributed by atoms with van der Waals surface area (Å²) in [5, 5.41) is 3.14. The van der Waals surface area contributed by atoms with Crippen molar-refractivity contribution in [3.63, 3.8) is 0 Å². The molecule has 0 aromatic heterocycles. The lowest BCUT2D eigenvalue weighted by Crippen LogP contribution is -2.41. The molecule has 0 saturated carbocycles. The van der Waals surface area contributed by atoms with Gasteiger partial charge in [0.05, 0.1) is 11.2 Å². The number of nitrogens with one attached hydrogen (secondary N) is 1. The van der Waals surface area contributed by atoms with E-state index >= 15 is 0 Å². The van der Waals surface area contributed by atoms with E-state index in [1.165, 1.54) is 0 Å². The Balaban J connectivity index is 2.15. The van der Waals surface area contributed by atoms with Crippen LogP contribution in [0.2, 0.25) is 0 Å². The summed E-state index contributed by atoms with van der Waals surface area (Å²) < 4.78 is 11.8. The van der Waals surface area contributed by atoms with Gasteiger partial charge >= 0.3 is 7.12 Å². The van der Waals surface area contributed by atoms with Gasteiger partial charge in [0.1, 0.15) is 0 Å². The quantitative estimate of drug-likeness (QED) is 0.651. The molecule has 15 heavy (non-hydrogen) atoms. The van der Waals surface area contributed by atoms with Crippen LogP contribution in [0.5, 0.6) is 0 Å². The molecule has 0 unspecified atom stereocenters. The molecular weight excluding hydrogens is 188 g/mol. The van der Waals surface area contributed by atoms with Crippen LogP contribution in [0.25, 0.3) is 0 Å². The van der Waals surface area contributed by atoms with Gasteiger partial charge in [-0.25, -0.2) is 0 Å². The summed E-state index contributed by atoms with van der Waals surface area (Å²) in [5.41, 5.74) is 0.402. The molecule has 79 valence electrons. The van der Waals surface area contributed by atoms with Gasteiger partial charge in [-0.3, -0.25) is 0 Å². The molecule has 0 spiro atoms. The SMILES string of the molecule is CC1(C)OB(C2=CC=C[B]N2)OC1(C)C. The Hall–Kier alpha value is -0.670. The summed E-state index contributed by atoms with van der Waals surface area (Å²) in [6.45, 7) is 8.21. The van der Waals surface area contributed by atoms with E-state index < -0.39 is 0 Å². The minimum absolute atomic E-state index is 0.276. The first-order chi connectivity index (χ1) is 6.92. The zero-order chi connectivity index (χ0) is 11.1. The Bertz CT molecular complexity index is 307. The van der Waals surface area contributed by atoms with Crippen molar-refractivity contribution >= 4 is 14.5 Å². The highest BCUT2D eigenvalue weighted by atomic mass is 16.7. The summed E-state index contributed by atoms with van der Waals surface area (Å²) in [4.78, 5) is 0. The predicted molar refractivity (Wildman–Crippen MR) is 62.2 cm³/mol. The van der Waals surface area contributed by atoms with Crippen LogP contribution in [0.3, 0.4) is 0 Å². The van der Waals surface area contributed by atoms with Crippen LogP contribution in [0.4, 0.5) is 0 Å². The second-order valence-corrected chi connectivity index (χ2v) is 4.91. The molecule has 0 atom stereocenters. The van der Waals surface area contributed by atoms with E-state index in [4.69, 9.17) is 9.31 Å². The van der Waals surface area contributed by atoms with Crippen molar-refractivity contribution in [2.45, 2.75) is 38.9 Å². The summed E-state index contributed by atoms with van der Waals surface area (Å²) in [6, 6.07) is 0. The zero-order valence-electron chi connectivity index (χ0n) is 9.70. The van der Waals surface area contributed by atoms with E-state index in [0.717, 1.165) is 5.60 Å². The molecule has 1 N–H and O–H groups in total. The fourth-order valence-corrected chi connectivity index (χ4v) is 1.52. The highest BCUT2D eigenvalue weighted by molar-refractivity contribution is 6.57. The molecule has 0 aromatic carbocycles. The lowest BCUT2D eigenvalue weighted by molar-refractivity contribution is 0.00578. The molecule has 5 heteroatoms. The normalized spacial score (nSPS) is 26.9. The summed E-state index contributed by atoms with van der Waals surface area (Å²) >= 11 is 0. The Morgan fingerprint density at radius 3 is 2.27 bits per heavy atom. The minimum atomic E-state index is -0.295. The molecule has 3 nitrogen and oxygen atoms in total. The third-order valence-corrected chi connectivity index (χ3v) is 3.24. The van der Waals surface area contributed by atoms with Crippen molar-refractivity contribution in [3.8, 4) is 0 Å². The molecular formula is C10H16B2NO2. The van der Waals surface area contributed by atoms with E-state index in [1.807, 2.05) is 25.5 Å². The van der Waals surface area contributed by atoms with Gasteiger partial charge in [0.15, 0.2) is 0 Å². The summed E-state index contributed by atoms with van der Waals surface area (Å²) in [6.07, 6.45) is 3.94. The van der Waals surface area contributed by atoms with Crippen molar-refractivity contribution in [2.24, 2.45) is 0 Å². The first-order valence-electron chi connectivity index (χ1n) is 5.25. The first-order valence-corrected chi connectivity index (χ1v) is 5.25. The maximum atomic E-state index is 5.90. The second-order valence-electron chi connectivity index (χ2n) is 4.91. The average molecular weight is 204 g/mol. The van der Waals surface area contributed by atoms with Crippen molar-refractivity contribution in [3.05, 3.63) is 23.7 Å². The largest absolute Gasteiger partial charge is 0.510 e. The smallest absolute Gasteiger partial charge is 0.434 e. The lowest BCUT2D eigenvalue weighted by atomic mass is 9.77. The second kappa shape index (κ2) is 3.42. The third-order valence-electron chi connectivity index (χ3n) is 3.24. The molecule has 0 amide bonds. The van der Waals surface area contributed by atoms with Crippen molar-refractivity contribution in [2.75, 3.05) is 0 Å². The van der Waals surface area contributed by atoms with Crippen molar-refractivity contribution in [1.29, 1.82) is 0 Å². The van der Waals surface area contributed by atoms with Gasteiger partial charge in [-0.05, 0) is 33.8 Å². The van der Waals surface area contributed by atoms with Gasteiger partial charge in [0, 0.05) is 5.60 Å². The van der Waals surface area contributed by atoms with E-state index in [-0.39, 0.29) is 18.3 Å². The molecule has 2 aliphatic heterocycles. The van der Waals surface area contributed by atoms with Crippen LogP contribution in [-0.4, -0.2) is 25.7 Å². The zero-order valence-corrected chi connectivity index (χ0v) is 9.70. The first kappa shape index (κ1) is 10.8. The number of allylic oxidation sites excluding steroid dienone is 2. The van der Waals surface area contributed by atoms with Crippen molar-refractivity contribution in [1.82, 2.24) is 5.23 Å². The van der Waals surface area contributed by atoms with Gasteiger partial charge in [-0.15, -0.1) is 0 Å². The Labute approximate surface area is 92.3 Å². The van der Waals surface area contributed by atoms with Crippen LogP contribution in [-0.2, 0) is 9.31 Å². The van der Waals surface area contributed by atoms with E-state index in [0.29, 0.717) is 0 Å². The third kappa shape index (κ3) is 1.86.